The third kappa shape index (κ3) is 8.35. The molecule has 0 unspecified atom stereocenters. The van der Waals surface area contributed by atoms with E-state index in [-0.39, 0.29) is 34.2 Å². The van der Waals surface area contributed by atoms with Crippen molar-refractivity contribution >= 4 is 35.0 Å². The van der Waals surface area contributed by atoms with Gasteiger partial charge in [-0.1, -0.05) is 6.58 Å². The molecule has 0 spiro atoms. The molecule has 1 aromatic heterocycles. The second kappa shape index (κ2) is 8.65. The summed E-state index contributed by atoms with van der Waals surface area (Å²) in [6, 6.07) is 1.97. The summed E-state index contributed by atoms with van der Waals surface area (Å²) in [6.07, 6.45) is 1.07. The molecule has 1 rings (SSSR count). The van der Waals surface area contributed by atoms with Gasteiger partial charge in [-0.3, -0.25) is 0 Å². The van der Waals surface area contributed by atoms with Crippen molar-refractivity contribution in [3.63, 3.8) is 0 Å². The SMILES string of the molecule is C=C(C)C(=O)[O-].O=C([O-])c1ccnc(F)c1.[Mg+2]. The van der Waals surface area contributed by atoms with Crippen LogP contribution in [0.15, 0.2) is 30.5 Å². The predicted octanol–water partition coefficient (Wildman–Crippen LogP) is -1.48. The van der Waals surface area contributed by atoms with Gasteiger partial charge in [-0.25, -0.2) is 4.98 Å². The first-order chi connectivity index (χ1) is 7.34. The Balaban J connectivity index is 0. The van der Waals surface area contributed by atoms with Gasteiger partial charge in [-0.2, -0.15) is 4.39 Å². The number of nitrogens with zero attached hydrogens (tertiary/aromatic N) is 1. The van der Waals surface area contributed by atoms with Crippen LogP contribution in [0.1, 0.15) is 17.3 Å². The first-order valence-corrected chi connectivity index (χ1v) is 4.04. The molecule has 7 heteroatoms. The van der Waals surface area contributed by atoms with E-state index in [0.717, 1.165) is 12.3 Å². The number of aromatic nitrogens is 1. The second-order valence-electron chi connectivity index (χ2n) is 2.72. The summed E-state index contributed by atoms with van der Waals surface area (Å²) in [7, 11) is 0. The number of aliphatic carboxylic acids is 1. The average molecular weight is 249 g/mol. The van der Waals surface area contributed by atoms with Crippen molar-refractivity contribution in [3.8, 4) is 0 Å². The minimum atomic E-state index is -1.40. The maximum atomic E-state index is 12.1. The van der Waals surface area contributed by atoms with Crippen LogP contribution in [0.3, 0.4) is 0 Å². The van der Waals surface area contributed by atoms with Crippen molar-refractivity contribution in [1.29, 1.82) is 0 Å². The molecule has 1 aromatic rings. The van der Waals surface area contributed by atoms with Gasteiger partial charge in [-0.15, -0.1) is 0 Å². The zero-order valence-corrected chi connectivity index (χ0v) is 10.5. The van der Waals surface area contributed by atoms with Gasteiger partial charge in [0.25, 0.3) is 0 Å². The molecule has 86 valence electrons. The number of carbonyl (C=O) groups is 2. The smallest absolute Gasteiger partial charge is 0.545 e. The average Bonchev–Trinajstić information content (AvgIpc) is 2.18. The summed E-state index contributed by atoms with van der Waals surface area (Å²) >= 11 is 0. The molecule has 0 amide bonds. The van der Waals surface area contributed by atoms with Crippen LogP contribution in [0, 0.1) is 5.95 Å². The van der Waals surface area contributed by atoms with Gasteiger partial charge in [0, 0.05) is 17.8 Å². The van der Waals surface area contributed by atoms with Gasteiger partial charge >= 0.3 is 23.1 Å². The second-order valence-corrected chi connectivity index (χ2v) is 2.72. The van der Waals surface area contributed by atoms with Crippen molar-refractivity contribution in [2.75, 3.05) is 0 Å². The normalized spacial score (nSPS) is 8.12. The Bertz CT molecular complexity index is 411. The maximum absolute atomic E-state index is 12.1. The van der Waals surface area contributed by atoms with Gasteiger partial charge in [0.1, 0.15) is 0 Å². The van der Waals surface area contributed by atoms with E-state index in [1.165, 1.54) is 13.0 Å². The van der Waals surface area contributed by atoms with Crippen LogP contribution in [0.25, 0.3) is 0 Å². The summed E-state index contributed by atoms with van der Waals surface area (Å²) in [6.45, 7) is 4.48. The molecule has 5 nitrogen and oxygen atoms in total. The number of carboxylic acids is 2. The van der Waals surface area contributed by atoms with Gasteiger partial charge in [0.15, 0.2) is 0 Å². The Kier molecular flexibility index (Phi) is 9.11. The fourth-order valence-electron chi connectivity index (χ4n) is 0.529. The predicted molar refractivity (Wildman–Crippen MR) is 54.1 cm³/mol. The number of carbonyl (C=O) groups excluding carboxylic acids is 2. The molecular weight excluding hydrogens is 241 g/mol. The fourth-order valence-corrected chi connectivity index (χ4v) is 0.529. The molecule has 0 aromatic carbocycles. The minimum Gasteiger partial charge on any atom is -0.545 e. The zero-order chi connectivity index (χ0) is 12.7. The van der Waals surface area contributed by atoms with Crippen LogP contribution >= 0.6 is 0 Å². The van der Waals surface area contributed by atoms with Crippen LogP contribution < -0.4 is 10.2 Å². The van der Waals surface area contributed by atoms with E-state index < -0.39 is 17.9 Å². The van der Waals surface area contributed by atoms with Crippen molar-refractivity contribution in [3.05, 3.63) is 42.0 Å². The number of aromatic carboxylic acids is 1. The van der Waals surface area contributed by atoms with Crippen LogP contribution in [0.4, 0.5) is 4.39 Å². The fraction of sp³-hybridized carbons (Fsp3) is 0.100. The molecule has 0 aliphatic heterocycles. The Hall–Kier alpha value is -1.47. The quantitative estimate of drug-likeness (QED) is 0.362. The first-order valence-electron chi connectivity index (χ1n) is 4.04. The monoisotopic (exact) mass is 249 g/mol. The van der Waals surface area contributed by atoms with E-state index in [2.05, 4.69) is 11.6 Å². The van der Waals surface area contributed by atoms with E-state index >= 15 is 0 Å². The van der Waals surface area contributed by atoms with E-state index in [0.29, 0.717) is 0 Å². The van der Waals surface area contributed by atoms with Gasteiger partial charge < -0.3 is 19.8 Å². The summed E-state index contributed by atoms with van der Waals surface area (Å²) in [5, 5.41) is 19.5. The summed E-state index contributed by atoms with van der Waals surface area (Å²) in [5.74, 6) is -3.40. The summed E-state index contributed by atoms with van der Waals surface area (Å²) in [4.78, 5) is 22.7. The molecule has 0 radical (unpaired) electrons. The van der Waals surface area contributed by atoms with Gasteiger partial charge in [0.05, 0.1) is 11.9 Å². The van der Waals surface area contributed by atoms with Crippen molar-refractivity contribution in [2.45, 2.75) is 6.92 Å². The number of hydrogen-bond acceptors (Lipinski definition) is 5. The van der Waals surface area contributed by atoms with E-state index in [4.69, 9.17) is 0 Å². The molecule has 0 fully saturated rings. The molecular formula is C10H8FMgNO4. The molecule has 0 aliphatic carbocycles. The van der Waals surface area contributed by atoms with Gasteiger partial charge in [-0.05, 0) is 18.6 Å². The zero-order valence-electron chi connectivity index (χ0n) is 9.10. The van der Waals surface area contributed by atoms with Gasteiger partial charge in [0.2, 0.25) is 5.95 Å². The number of hydrogen-bond donors (Lipinski definition) is 0. The molecule has 1 heterocycles. The topological polar surface area (TPSA) is 93.1 Å². The number of carboxylic acid groups (broad SMARTS) is 2. The van der Waals surface area contributed by atoms with Crippen LogP contribution in [0.2, 0.25) is 0 Å². The Morgan fingerprint density at radius 1 is 1.41 bits per heavy atom. The Morgan fingerprint density at radius 3 is 2.12 bits per heavy atom. The molecule has 17 heavy (non-hydrogen) atoms. The van der Waals surface area contributed by atoms with E-state index in [1.54, 1.807) is 0 Å². The molecule has 0 saturated carbocycles. The van der Waals surface area contributed by atoms with Crippen molar-refractivity contribution < 1.29 is 24.2 Å². The largest absolute Gasteiger partial charge is 2.00 e. The third-order valence-electron chi connectivity index (χ3n) is 1.31. The first kappa shape index (κ1) is 17.9. The third-order valence-corrected chi connectivity index (χ3v) is 1.31. The van der Waals surface area contributed by atoms with Crippen LogP contribution in [0.5, 0.6) is 0 Å². The Labute approximate surface area is 113 Å². The van der Waals surface area contributed by atoms with E-state index in [1.807, 2.05) is 0 Å². The van der Waals surface area contributed by atoms with Crippen LogP contribution in [-0.2, 0) is 4.79 Å². The van der Waals surface area contributed by atoms with E-state index in [9.17, 15) is 24.2 Å². The molecule has 0 N–H and O–H groups in total. The van der Waals surface area contributed by atoms with Crippen molar-refractivity contribution in [1.82, 2.24) is 4.98 Å². The molecule has 0 aliphatic rings. The molecule has 0 saturated heterocycles. The molecule has 0 atom stereocenters. The van der Waals surface area contributed by atoms with Crippen LogP contribution in [-0.4, -0.2) is 40.0 Å². The maximum Gasteiger partial charge on any atom is 2.00 e. The Morgan fingerprint density at radius 2 is 1.88 bits per heavy atom. The molecule has 0 bridgehead atoms. The summed E-state index contributed by atoms with van der Waals surface area (Å²) < 4.78 is 12.1. The van der Waals surface area contributed by atoms with Crippen molar-refractivity contribution in [2.24, 2.45) is 0 Å². The number of rotatable bonds is 2. The number of pyridine rings is 1. The summed E-state index contributed by atoms with van der Waals surface area (Å²) in [5.41, 5.74) is -0.137. The standard InChI is InChI=1S/C6H4FNO2.C4H6O2.Mg/c7-5-3-4(6(9)10)1-2-8-5;1-3(2)4(5)6;/h1-3H,(H,9,10);1H2,2H3,(H,5,6);/q;;+2/p-2. The minimum absolute atomic E-state index is 0. The number of halogens is 1.